The summed E-state index contributed by atoms with van der Waals surface area (Å²) in [5, 5.41) is 2.96. The number of rotatable bonds is 6. The third-order valence-electron chi connectivity index (χ3n) is 3.85. The number of nitrogens with one attached hydrogen (secondary N) is 1. The second-order valence-electron chi connectivity index (χ2n) is 6.09. The highest BCUT2D eigenvalue weighted by atomic mass is 32.2. The van der Waals surface area contributed by atoms with Gasteiger partial charge in [-0.2, -0.15) is 0 Å². The standard InChI is InChI=1S/C20H21N3O2S/c1-13-9-14(2)21-15(3)19(13)23-18(24)12-26-11-17-10-25-20(22-17)16-7-5-4-6-8-16/h4-10H,11-12H2,1-3H3,(H,23,24). The number of aryl methyl sites for hydroxylation is 3. The first-order valence-corrected chi connectivity index (χ1v) is 9.50. The highest BCUT2D eigenvalue weighted by molar-refractivity contribution is 7.99. The van der Waals surface area contributed by atoms with Gasteiger partial charge in [0.25, 0.3) is 0 Å². The van der Waals surface area contributed by atoms with Crippen LogP contribution in [0.2, 0.25) is 0 Å². The predicted molar refractivity (Wildman–Crippen MR) is 105 cm³/mol. The van der Waals surface area contributed by atoms with Gasteiger partial charge in [0.1, 0.15) is 6.26 Å². The molecule has 3 rings (SSSR count). The Balaban J connectivity index is 1.52. The average Bonchev–Trinajstić information content (AvgIpc) is 3.08. The summed E-state index contributed by atoms with van der Waals surface area (Å²) in [5.41, 5.74) is 5.38. The Morgan fingerprint density at radius 2 is 1.92 bits per heavy atom. The Labute approximate surface area is 157 Å². The van der Waals surface area contributed by atoms with Gasteiger partial charge in [-0.15, -0.1) is 11.8 Å². The largest absolute Gasteiger partial charge is 0.444 e. The highest BCUT2D eigenvalue weighted by Gasteiger charge is 2.11. The van der Waals surface area contributed by atoms with Crippen LogP contribution in [0.25, 0.3) is 11.5 Å². The van der Waals surface area contributed by atoms with Crippen LogP contribution in [-0.4, -0.2) is 21.6 Å². The van der Waals surface area contributed by atoms with E-state index < -0.39 is 0 Å². The highest BCUT2D eigenvalue weighted by Crippen LogP contribution is 2.22. The molecular weight excluding hydrogens is 346 g/mol. The Morgan fingerprint density at radius 1 is 1.15 bits per heavy atom. The topological polar surface area (TPSA) is 68.0 Å². The van der Waals surface area contributed by atoms with Crippen LogP contribution in [0.15, 0.2) is 47.1 Å². The summed E-state index contributed by atoms with van der Waals surface area (Å²) in [6, 6.07) is 11.7. The molecule has 0 atom stereocenters. The maximum Gasteiger partial charge on any atom is 0.234 e. The molecule has 2 heterocycles. The zero-order valence-electron chi connectivity index (χ0n) is 15.1. The predicted octanol–water partition coefficient (Wildman–Crippen LogP) is 4.53. The number of amides is 1. The third kappa shape index (κ3) is 4.52. The lowest BCUT2D eigenvalue weighted by atomic mass is 10.1. The number of anilines is 1. The van der Waals surface area contributed by atoms with Crippen LogP contribution in [-0.2, 0) is 10.5 Å². The monoisotopic (exact) mass is 367 g/mol. The van der Waals surface area contributed by atoms with E-state index in [1.807, 2.05) is 57.2 Å². The minimum absolute atomic E-state index is 0.0429. The molecule has 1 aromatic carbocycles. The summed E-state index contributed by atoms with van der Waals surface area (Å²) < 4.78 is 5.51. The van der Waals surface area contributed by atoms with Crippen molar-refractivity contribution in [3.63, 3.8) is 0 Å². The summed E-state index contributed by atoms with van der Waals surface area (Å²) >= 11 is 1.50. The molecule has 2 aromatic heterocycles. The summed E-state index contributed by atoms with van der Waals surface area (Å²) in [5.74, 6) is 1.52. The van der Waals surface area contributed by atoms with Crippen LogP contribution in [0.4, 0.5) is 5.69 Å². The molecule has 0 spiro atoms. The number of nitrogens with zero attached hydrogens (tertiary/aromatic N) is 2. The quantitative estimate of drug-likeness (QED) is 0.693. The van der Waals surface area contributed by atoms with Crippen molar-refractivity contribution in [2.75, 3.05) is 11.1 Å². The number of carbonyl (C=O) groups is 1. The molecule has 0 unspecified atom stereocenters. The van der Waals surface area contributed by atoms with E-state index in [1.165, 1.54) is 11.8 Å². The second-order valence-corrected chi connectivity index (χ2v) is 7.08. The number of pyridine rings is 1. The van der Waals surface area contributed by atoms with Gasteiger partial charge in [0.05, 0.1) is 22.8 Å². The van der Waals surface area contributed by atoms with Crippen LogP contribution in [0.5, 0.6) is 0 Å². The van der Waals surface area contributed by atoms with Crippen LogP contribution in [0.3, 0.4) is 0 Å². The van der Waals surface area contributed by atoms with Gasteiger partial charge < -0.3 is 9.73 Å². The lowest BCUT2D eigenvalue weighted by molar-refractivity contribution is -0.113. The molecule has 0 bridgehead atoms. The fourth-order valence-electron chi connectivity index (χ4n) is 2.72. The van der Waals surface area contributed by atoms with Crippen molar-refractivity contribution in [1.82, 2.24) is 9.97 Å². The first kappa shape index (κ1) is 18.2. The van der Waals surface area contributed by atoms with Gasteiger partial charge >= 0.3 is 0 Å². The first-order valence-electron chi connectivity index (χ1n) is 8.35. The van der Waals surface area contributed by atoms with Crippen LogP contribution < -0.4 is 5.32 Å². The minimum atomic E-state index is -0.0429. The summed E-state index contributed by atoms with van der Waals surface area (Å²) in [6.07, 6.45) is 1.64. The van der Waals surface area contributed by atoms with E-state index in [0.29, 0.717) is 17.4 Å². The summed E-state index contributed by atoms with van der Waals surface area (Å²) in [6.45, 7) is 5.83. The maximum absolute atomic E-state index is 12.2. The first-order chi connectivity index (χ1) is 12.5. The van der Waals surface area contributed by atoms with E-state index in [-0.39, 0.29) is 5.91 Å². The molecular formula is C20H21N3O2S. The number of hydrogen-bond donors (Lipinski definition) is 1. The van der Waals surface area contributed by atoms with Crippen molar-refractivity contribution in [3.8, 4) is 11.5 Å². The number of carbonyl (C=O) groups excluding carboxylic acids is 1. The molecule has 6 heteroatoms. The van der Waals surface area contributed by atoms with E-state index in [1.54, 1.807) is 6.26 Å². The Kier molecular flexibility index (Phi) is 5.73. The zero-order chi connectivity index (χ0) is 18.5. The molecule has 5 nitrogen and oxygen atoms in total. The molecule has 26 heavy (non-hydrogen) atoms. The smallest absolute Gasteiger partial charge is 0.234 e. The normalized spacial score (nSPS) is 10.7. The van der Waals surface area contributed by atoms with Crippen molar-refractivity contribution < 1.29 is 9.21 Å². The van der Waals surface area contributed by atoms with Crippen molar-refractivity contribution in [2.24, 2.45) is 0 Å². The van der Waals surface area contributed by atoms with Crippen molar-refractivity contribution in [1.29, 1.82) is 0 Å². The molecule has 0 radical (unpaired) electrons. The molecule has 0 fully saturated rings. The molecule has 3 aromatic rings. The molecule has 0 saturated heterocycles. The number of thioether (sulfide) groups is 1. The van der Waals surface area contributed by atoms with E-state index in [2.05, 4.69) is 15.3 Å². The number of oxazole rings is 1. The van der Waals surface area contributed by atoms with Gasteiger partial charge in [0.2, 0.25) is 11.8 Å². The SMILES string of the molecule is Cc1cc(C)c(NC(=O)CSCc2coc(-c3ccccc3)n2)c(C)n1. The van der Waals surface area contributed by atoms with E-state index >= 15 is 0 Å². The second kappa shape index (κ2) is 8.19. The molecule has 0 aliphatic heterocycles. The van der Waals surface area contributed by atoms with Crippen LogP contribution in [0.1, 0.15) is 22.6 Å². The van der Waals surface area contributed by atoms with Gasteiger partial charge in [0, 0.05) is 17.0 Å². The fraction of sp³-hybridized carbons (Fsp3) is 0.250. The Morgan fingerprint density at radius 3 is 2.65 bits per heavy atom. The zero-order valence-corrected chi connectivity index (χ0v) is 15.9. The van der Waals surface area contributed by atoms with E-state index in [9.17, 15) is 4.79 Å². The van der Waals surface area contributed by atoms with Gasteiger partial charge in [-0.1, -0.05) is 18.2 Å². The number of hydrogen-bond acceptors (Lipinski definition) is 5. The fourth-order valence-corrected chi connectivity index (χ4v) is 3.42. The molecule has 0 saturated carbocycles. The Bertz CT molecular complexity index is 883. The maximum atomic E-state index is 12.2. The van der Waals surface area contributed by atoms with E-state index in [4.69, 9.17) is 4.42 Å². The van der Waals surface area contributed by atoms with Crippen molar-refractivity contribution in [2.45, 2.75) is 26.5 Å². The van der Waals surface area contributed by atoms with Gasteiger partial charge in [0.15, 0.2) is 0 Å². The lowest BCUT2D eigenvalue weighted by Crippen LogP contribution is -2.16. The van der Waals surface area contributed by atoms with Crippen molar-refractivity contribution >= 4 is 23.4 Å². The molecule has 0 aliphatic rings. The minimum Gasteiger partial charge on any atom is -0.444 e. The average molecular weight is 367 g/mol. The van der Waals surface area contributed by atoms with Gasteiger partial charge in [-0.25, -0.2) is 4.98 Å². The number of benzene rings is 1. The van der Waals surface area contributed by atoms with Crippen LogP contribution in [0, 0.1) is 20.8 Å². The summed E-state index contributed by atoms with van der Waals surface area (Å²) in [7, 11) is 0. The summed E-state index contributed by atoms with van der Waals surface area (Å²) in [4.78, 5) is 21.1. The van der Waals surface area contributed by atoms with Crippen molar-refractivity contribution in [3.05, 3.63) is 65.3 Å². The van der Waals surface area contributed by atoms with E-state index in [0.717, 1.165) is 33.9 Å². The molecule has 0 aliphatic carbocycles. The Hall–Kier alpha value is -2.60. The van der Waals surface area contributed by atoms with Gasteiger partial charge in [-0.3, -0.25) is 9.78 Å². The third-order valence-corrected chi connectivity index (χ3v) is 4.81. The van der Waals surface area contributed by atoms with Gasteiger partial charge in [-0.05, 0) is 44.5 Å². The molecule has 134 valence electrons. The molecule has 1 amide bonds. The molecule has 1 N–H and O–H groups in total. The number of aromatic nitrogens is 2. The van der Waals surface area contributed by atoms with Crippen LogP contribution >= 0.6 is 11.8 Å². The lowest BCUT2D eigenvalue weighted by Gasteiger charge is -2.11.